The Morgan fingerprint density at radius 2 is 2.35 bits per heavy atom. The Morgan fingerprint density at radius 1 is 1.55 bits per heavy atom. The number of nitrogens with zero attached hydrogens (tertiary/aromatic N) is 1. The van der Waals surface area contributed by atoms with Crippen LogP contribution in [0.2, 0.25) is 0 Å². The van der Waals surface area contributed by atoms with Crippen molar-refractivity contribution in [3.63, 3.8) is 0 Å². The van der Waals surface area contributed by atoms with Crippen molar-refractivity contribution in [1.29, 1.82) is 0 Å². The molecule has 106 valence electrons. The van der Waals surface area contributed by atoms with Crippen LogP contribution in [-0.2, 0) is 4.79 Å². The minimum absolute atomic E-state index is 0.428. The van der Waals surface area contributed by atoms with Crippen LogP contribution in [-0.4, -0.2) is 29.4 Å². The number of carbonyl (C=O) groups is 1. The van der Waals surface area contributed by atoms with Crippen LogP contribution in [0.1, 0.15) is 11.4 Å². The van der Waals surface area contributed by atoms with Gasteiger partial charge in [-0.15, -0.1) is 11.3 Å². The van der Waals surface area contributed by atoms with Gasteiger partial charge in [0.25, 0.3) is 5.92 Å². The number of hydrogen-bond acceptors (Lipinski definition) is 4. The predicted molar refractivity (Wildman–Crippen MR) is 74.3 cm³/mol. The van der Waals surface area contributed by atoms with E-state index in [0.717, 1.165) is 15.2 Å². The van der Waals surface area contributed by atoms with Crippen molar-refractivity contribution in [2.75, 3.05) is 11.9 Å². The fraction of sp³-hybridized carbons (Fsp3) is 0.385. The van der Waals surface area contributed by atoms with Crippen molar-refractivity contribution in [3.05, 3.63) is 23.2 Å². The van der Waals surface area contributed by atoms with Crippen LogP contribution < -0.4 is 10.6 Å². The third-order valence-electron chi connectivity index (χ3n) is 3.19. The Morgan fingerprint density at radius 3 is 3.05 bits per heavy atom. The van der Waals surface area contributed by atoms with Crippen molar-refractivity contribution in [3.8, 4) is 0 Å². The van der Waals surface area contributed by atoms with E-state index in [0.29, 0.717) is 5.69 Å². The molecule has 0 saturated carbocycles. The molecule has 1 unspecified atom stereocenters. The summed E-state index contributed by atoms with van der Waals surface area (Å²) >= 11 is 1.53. The smallest absolute Gasteiger partial charge is 0.262 e. The zero-order valence-electron chi connectivity index (χ0n) is 10.7. The van der Waals surface area contributed by atoms with Gasteiger partial charge in [-0.2, -0.15) is 0 Å². The van der Waals surface area contributed by atoms with E-state index in [4.69, 9.17) is 0 Å². The lowest BCUT2D eigenvalue weighted by molar-refractivity contribution is -0.118. The fourth-order valence-corrected chi connectivity index (χ4v) is 3.11. The van der Waals surface area contributed by atoms with Gasteiger partial charge in [-0.3, -0.25) is 10.1 Å². The number of rotatable bonds is 2. The zero-order valence-corrected chi connectivity index (χ0v) is 11.6. The summed E-state index contributed by atoms with van der Waals surface area (Å²) < 4.78 is 27.1. The number of aryl methyl sites for hydroxylation is 1. The summed E-state index contributed by atoms with van der Waals surface area (Å²) in [5.41, 5.74) is 1.47. The summed E-state index contributed by atoms with van der Waals surface area (Å²) in [6.07, 6.45) is -0.458. The van der Waals surface area contributed by atoms with Gasteiger partial charge in [0.05, 0.1) is 27.8 Å². The maximum atomic E-state index is 13.1. The van der Waals surface area contributed by atoms with E-state index >= 15 is 0 Å². The minimum Gasteiger partial charge on any atom is -0.325 e. The average molecular weight is 297 g/mol. The fourth-order valence-electron chi connectivity index (χ4n) is 2.25. The Hall–Kier alpha value is -1.60. The first-order valence-corrected chi connectivity index (χ1v) is 7.04. The van der Waals surface area contributed by atoms with Gasteiger partial charge in [-0.05, 0) is 25.1 Å². The minimum atomic E-state index is -2.80. The summed E-state index contributed by atoms with van der Waals surface area (Å²) in [7, 11) is 0. The van der Waals surface area contributed by atoms with E-state index in [-0.39, 0.29) is 0 Å². The summed E-state index contributed by atoms with van der Waals surface area (Å²) in [6.45, 7) is 1.46. The van der Waals surface area contributed by atoms with Gasteiger partial charge in [0, 0.05) is 12.1 Å². The van der Waals surface area contributed by atoms with Crippen LogP contribution in [0.4, 0.5) is 14.5 Å². The number of benzene rings is 1. The monoisotopic (exact) mass is 297 g/mol. The Bertz CT molecular complexity index is 671. The molecule has 1 aromatic carbocycles. The van der Waals surface area contributed by atoms with Crippen LogP contribution in [0.3, 0.4) is 0 Å². The molecule has 1 amide bonds. The van der Waals surface area contributed by atoms with Crippen molar-refractivity contribution in [2.24, 2.45) is 0 Å². The highest BCUT2D eigenvalue weighted by Crippen LogP contribution is 2.27. The summed E-state index contributed by atoms with van der Waals surface area (Å²) in [4.78, 5) is 16.2. The molecule has 1 aliphatic heterocycles. The second-order valence-electron chi connectivity index (χ2n) is 4.90. The molecule has 1 aliphatic rings. The molecule has 1 atom stereocenters. The SMILES string of the molecule is Cc1nc2ccc(NC(=O)C3CC(F)(F)CN3)cc2s1. The lowest BCUT2D eigenvalue weighted by Gasteiger charge is -2.11. The molecule has 7 heteroatoms. The summed E-state index contributed by atoms with van der Waals surface area (Å²) in [5, 5.41) is 6.15. The molecule has 0 spiro atoms. The van der Waals surface area contributed by atoms with Crippen molar-refractivity contribution in [1.82, 2.24) is 10.3 Å². The number of aromatic nitrogens is 1. The molecular formula is C13H13F2N3OS. The first-order chi connectivity index (χ1) is 9.43. The largest absolute Gasteiger partial charge is 0.325 e. The first-order valence-electron chi connectivity index (χ1n) is 6.22. The highest BCUT2D eigenvalue weighted by atomic mass is 32.1. The third kappa shape index (κ3) is 2.64. The van der Waals surface area contributed by atoms with E-state index < -0.39 is 30.8 Å². The predicted octanol–water partition coefficient (Wildman–Crippen LogP) is 2.54. The van der Waals surface area contributed by atoms with Crippen LogP contribution in [0.5, 0.6) is 0 Å². The standard InChI is InChI=1S/C13H13F2N3OS/c1-7-17-9-3-2-8(4-11(9)20-7)18-12(19)10-5-13(14,15)6-16-10/h2-4,10,16H,5-6H2,1H3,(H,18,19). The van der Waals surface area contributed by atoms with E-state index in [1.54, 1.807) is 6.07 Å². The average Bonchev–Trinajstić information content (AvgIpc) is 2.90. The quantitative estimate of drug-likeness (QED) is 0.895. The molecule has 2 aromatic rings. The lowest BCUT2D eigenvalue weighted by atomic mass is 10.2. The van der Waals surface area contributed by atoms with Crippen LogP contribution in [0.15, 0.2) is 18.2 Å². The molecule has 20 heavy (non-hydrogen) atoms. The number of thiazole rings is 1. The van der Waals surface area contributed by atoms with Gasteiger partial charge < -0.3 is 5.32 Å². The maximum absolute atomic E-state index is 13.1. The second kappa shape index (κ2) is 4.75. The van der Waals surface area contributed by atoms with Crippen molar-refractivity contribution in [2.45, 2.75) is 25.3 Å². The van der Waals surface area contributed by atoms with Gasteiger partial charge >= 0.3 is 0 Å². The number of alkyl halides is 2. The Kier molecular flexibility index (Phi) is 3.18. The van der Waals surface area contributed by atoms with Crippen LogP contribution in [0.25, 0.3) is 10.2 Å². The molecular weight excluding hydrogens is 284 g/mol. The topological polar surface area (TPSA) is 54.0 Å². The van der Waals surface area contributed by atoms with Gasteiger partial charge in [0.2, 0.25) is 5.91 Å². The number of hydrogen-bond donors (Lipinski definition) is 2. The molecule has 1 aromatic heterocycles. The van der Waals surface area contributed by atoms with E-state index in [1.165, 1.54) is 11.3 Å². The Balaban J connectivity index is 1.74. The third-order valence-corrected chi connectivity index (χ3v) is 4.12. The highest BCUT2D eigenvalue weighted by Gasteiger charge is 2.42. The van der Waals surface area contributed by atoms with Gasteiger partial charge in [-0.1, -0.05) is 0 Å². The molecule has 1 fully saturated rings. The number of nitrogens with one attached hydrogen (secondary N) is 2. The number of fused-ring (bicyclic) bond motifs is 1. The van der Waals surface area contributed by atoms with Crippen molar-refractivity contribution < 1.29 is 13.6 Å². The van der Waals surface area contributed by atoms with Gasteiger partial charge in [-0.25, -0.2) is 13.8 Å². The van der Waals surface area contributed by atoms with E-state index in [2.05, 4.69) is 15.6 Å². The lowest BCUT2D eigenvalue weighted by Crippen LogP contribution is -2.35. The number of amides is 1. The molecule has 4 nitrogen and oxygen atoms in total. The maximum Gasteiger partial charge on any atom is 0.262 e. The van der Waals surface area contributed by atoms with E-state index in [9.17, 15) is 13.6 Å². The molecule has 2 heterocycles. The normalized spacial score (nSPS) is 21.2. The van der Waals surface area contributed by atoms with Gasteiger partial charge in [0.15, 0.2) is 0 Å². The second-order valence-corrected chi connectivity index (χ2v) is 6.13. The summed E-state index contributed by atoms with van der Waals surface area (Å²) in [6, 6.07) is 4.51. The van der Waals surface area contributed by atoms with E-state index in [1.807, 2.05) is 19.1 Å². The molecule has 0 aliphatic carbocycles. The van der Waals surface area contributed by atoms with Crippen LogP contribution >= 0.6 is 11.3 Å². The first kappa shape index (κ1) is 13.4. The number of halogens is 2. The van der Waals surface area contributed by atoms with Crippen LogP contribution in [0, 0.1) is 6.92 Å². The van der Waals surface area contributed by atoms with Crippen molar-refractivity contribution >= 4 is 33.1 Å². The molecule has 2 N–H and O–H groups in total. The van der Waals surface area contributed by atoms with Gasteiger partial charge in [0.1, 0.15) is 0 Å². The Labute approximate surface area is 118 Å². The molecule has 1 saturated heterocycles. The number of carbonyl (C=O) groups excluding carboxylic acids is 1. The zero-order chi connectivity index (χ0) is 14.3. The molecule has 0 bridgehead atoms. The molecule has 0 radical (unpaired) electrons. The summed E-state index contributed by atoms with van der Waals surface area (Å²) in [5.74, 6) is -3.23. The highest BCUT2D eigenvalue weighted by molar-refractivity contribution is 7.18. The molecule has 3 rings (SSSR count). The number of anilines is 1.